The minimum atomic E-state index is -0.229. The van der Waals surface area contributed by atoms with Crippen molar-refractivity contribution in [2.75, 3.05) is 11.1 Å². The molecule has 2 N–H and O–H groups in total. The van der Waals surface area contributed by atoms with Gasteiger partial charge in [0.25, 0.3) is 0 Å². The summed E-state index contributed by atoms with van der Waals surface area (Å²) in [5, 5.41) is 14.8. The molecule has 3 aromatic rings. The molecule has 6 heteroatoms. The fourth-order valence-electron chi connectivity index (χ4n) is 2.82. The highest BCUT2D eigenvalue weighted by atomic mass is 35.5. The van der Waals surface area contributed by atoms with Gasteiger partial charge in [-0.05, 0) is 62.2 Å². The largest absolute Gasteiger partial charge is 0.506 e. The second-order valence-corrected chi connectivity index (χ2v) is 7.69. The molecular weight excluding hydrogens is 368 g/mol. The van der Waals surface area contributed by atoms with E-state index in [-0.39, 0.29) is 17.4 Å². The van der Waals surface area contributed by atoms with Crippen molar-refractivity contribution in [2.45, 2.75) is 25.8 Å². The zero-order valence-corrected chi connectivity index (χ0v) is 16.3. The van der Waals surface area contributed by atoms with Crippen molar-refractivity contribution in [2.24, 2.45) is 0 Å². The van der Waals surface area contributed by atoms with Gasteiger partial charge < -0.3 is 10.4 Å². The van der Waals surface area contributed by atoms with Crippen molar-refractivity contribution in [3.05, 3.63) is 58.1 Å². The highest BCUT2D eigenvalue weighted by Gasteiger charge is 2.11. The SMILES string of the molecule is Cc1cc(C)c2nc(SCC(=O)Nc3cc(Cl)ccc3O)cc(C)c2c1. The van der Waals surface area contributed by atoms with Crippen LogP contribution in [-0.4, -0.2) is 21.8 Å². The summed E-state index contributed by atoms with van der Waals surface area (Å²) in [5.74, 6) is -0.0550. The topological polar surface area (TPSA) is 62.2 Å². The summed E-state index contributed by atoms with van der Waals surface area (Å²) in [6.45, 7) is 6.17. The van der Waals surface area contributed by atoms with Gasteiger partial charge in [-0.1, -0.05) is 35.0 Å². The fraction of sp³-hybridized carbons (Fsp3) is 0.200. The lowest BCUT2D eigenvalue weighted by Gasteiger charge is -2.10. The van der Waals surface area contributed by atoms with Gasteiger partial charge in [-0.15, -0.1) is 0 Å². The molecule has 0 saturated heterocycles. The van der Waals surface area contributed by atoms with E-state index < -0.39 is 0 Å². The highest BCUT2D eigenvalue weighted by molar-refractivity contribution is 7.99. The summed E-state index contributed by atoms with van der Waals surface area (Å²) in [7, 11) is 0. The number of aromatic hydroxyl groups is 1. The van der Waals surface area contributed by atoms with Crippen LogP contribution >= 0.6 is 23.4 Å². The van der Waals surface area contributed by atoms with Gasteiger partial charge in [0.1, 0.15) is 5.75 Å². The first kappa shape index (κ1) is 18.5. The number of rotatable bonds is 4. The first-order valence-corrected chi connectivity index (χ1v) is 9.49. The number of anilines is 1. The van der Waals surface area contributed by atoms with Crippen LogP contribution in [0.2, 0.25) is 5.02 Å². The van der Waals surface area contributed by atoms with Crippen LogP contribution in [0.3, 0.4) is 0 Å². The van der Waals surface area contributed by atoms with Gasteiger partial charge in [0.15, 0.2) is 0 Å². The summed E-state index contributed by atoms with van der Waals surface area (Å²) in [6, 6.07) is 10.8. The van der Waals surface area contributed by atoms with Gasteiger partial charge in [0, 0.05) is 10.4 Å². The lowest BCUT2D eigenvalue weighted by molar-refractivity contribution is -0.113. The van der Waals surface area contributed by atoms with E-state index in [1.165, 1.54) is 29.5 Å². The molecule has 1 aromatic heterocycles. The fourth-order valence-corrected chi connectivity index (χ4v) is 3.76. The predicted molar refractivity (Wildman–Crippen MR) is 108 cm³/mol. The third-order valence-corrected chi connectivity index (χ3v) is 5.16. The molecule has 0 saturated carbocycles. The highest BCUT2D eigenvalue weighted by Crippen LogP contribution is 2.29. The lowest BCUT2D eigenvalue weighted by atomic mass is 10.0. The lowest BCUT2D eigenvalue weighted by Crippen LogP contribution is -2.14. The third kappa shape index (κ3) is 4.11. The monoisotopic (exact) mass is 386 g/mol. The number of carbonyl (C=O) groups is 1. The maximum atomic E-state index is 12.2. The summed E-state index contributed by atoms with van der Waals surface area (Å²) in [4.78, 5) is 16.9. The van der Waals surface area contributed by atoms with Gasteiger partial charge >= 0.3 is 0 Å². The summed E-state index contributed by atoms with van der Waals surface area (Å²) >= 11 is 7.26. The van der Waals surface area contributed by atoms with Crippen LogP contribution in [0, 0.1) is 20.8 Å². The molecule has 0 aliphatic heterocycles. The summed E-state index contributed by atoms with van der Waals surface area (Å²) < 4.78 is 0. The minimum Gasteiger partial charge on any atom is -0.506 e. The smallest absolute Gasteiger partial charge is 0.234 e. The van der Waals surface area contributed by atoms with Crippen molar-refractivity contribution in [3.63, 3.8) is 0 Å². The van der Waals surface area contributed by atoms with Crippen LogP contribution in [0.5, 0.6) is 5.75 Å². The van der Waals surface area contributed by atoms with E-state index in [1.54, 1.807) is 6.07 Å². The second kappa shape index (κ2) is 7.56. The first-order chi connectivity index (χ1) is 12.3. The van der Waals surface area contributed by atoms with Gasteiger partial charge in [0.05, 0.1) is 22.0 Å². The molecule has 0 spiro atoms. The van der Waals surface area contributed by atoms with Crippen molar-refractivity contribution < 1.29 is 9.90 Å². The molecule has 0 radical (unpaired) electrons. The normalized spacial score (nSPS) is 10.9. The molecule has 3 rings (SSSR count). The molecule has 134 valence electrons. The van der Waals surface area contributed by atoms with Crippen LogP contribution in [0.4, 0.5) is 5.69 Å². The van der Waals surface area contributed by atoms with Crippen LogP contribution in [-0.2, 0) is 4.79 Å². The maximum Gasteiger partial charge on any atom is 0.234 e. The molecule has 0 aliphatic rings. The molecule has 26 heavy (non-hydrogen) atoms. The quantitative estimate of drug-likeness (QED) is 0.475. The Bertz CT molecular complexity index is 1000. The third-order valence-electron chi connectivity index (χ3n) is 4.02. The molecule has 0 unspecified atom stereocenters. The van der Waals surface area contributed by atoms with Crippen LogP contribution < -0.4 is 5.32 Å². The average Bonchev–Trinajstić information content (AvgIpc) is 2.57. The number of halogens is 1. The Hall–Kier alpha value is -2.24. The number of hydrogen-bond acceptors (Lipinski definition) is 4. The minimum absolute atomic E-state index is 0.0154. The summed E-state index contributed by atoms with van der Waals surface area (Å²) in [5.41, 5.74) is 4.74. The predicted octanol–water partition coefficient (Wildman–Crippen LogP) is 5.25. The van der Waals surface area contributed by atoms with E-state index in [2.05, 4.69) is 31.3 Å². The number of phenolic OH excluding ortho intramolecular Hbond substituents is 1. The van der Waals surface area contributed by atoms with Gasteiger partial charge in [-0.3, -0.25) is 4.79 Å². The number of benzene rings is 2. The standard InChI is InChI=1S/C20H19ClN2O2S/c1-11-6-13(3)20-15(7-11)12(2)8-19(23-20)26-10-18(25)22-16-9-14(21)4-5-17(16)24/h4-9,24H,10H2,1-3H3,(H,22,25). The zero-order valence-electron chi connectivity index (χ0n) is 14.8. The van der Waals surface area contributed by atoms with E-state index in [9.17, 15) is 9.90 Å². The number of pyridine rings is 1. The number of thioether (sulfide) groups is 1. The van der Waals surface area contributed by atoms with Crippen LogP contribution in [0.15, 0.2) is 41.4 Å². The van der Waals surface area contributed by atoms with Crippen molar-refractivity contribution in [1.82, 2.24) is 4.98 Å². The molecule has 4 nitrogen and oxygen atoms in total. The van der Waals surface area contributed by atoms with Crippen molar-refractivity contribution >= 4 is 45.9 Å². The summed E-state index contributed by atoms with van der Waals surface area (Å²) in [6.07, 6.45) is 0. The first-order valence-electron chi connectivity index (χ1n) is 8.13. The number of fused-ring (bicyclic) bond motifs is 1. The van der Waals surface area contributed by atoms with Gasteiger partial charge in [-0.2, -0.15) is 0 Å². The van der Waals surface area contributed by atoms with Crippen LogP contribution in [0.1, 0.15) is 16.7 Å². The Kier molecular flexibility index (Phi) is 5.39. The Labute approximate surface area is 161 Å². The van der Waals surface area contributed by atoms with Crippen molar-refractivity contribution in [3.8, 4) is 5.75 Å². The molecule has 0 aliphatic carbocycles. The van der Waals surface area contributed by atoms with E-state index in [0.29, 0.717) is 10.7 Å². The molecule has 1 heterocycles. The molecule has 0 fully saturated rings. The molecule has 0 atom stereocenters. The van der Waals surface area contributed by atoms with E-state index in [1.807, 2.05) is 13.0 Å². The zero-order chi connectivity index (χ0) is 18.8. The average molecular weight is 387 g/mol. The van der Waals surface area contributed by atoms with Crippen LogP contribution in [0.25, 0.3) is 10.9 Å². The number of nitrogens with zero attached hydrogens (tertiary/aromatic N) is 1. The Balaban J connectivity index is 1.75. The number of nitrogens with one attached hydrogen (secondary N) is 1. The number of hydrogen-bond donors (Lipinski definition) is 2. The molecule has 2 aromatic carbocycles. The molecular formula is C20H19ClN2O2S. The van der Waals surface area contributed by atoms with E-state index in [0.717, 1.165) is 27.1 Å². The number of aryl methyl sites for hydroxylation is 3. The Morgan fingerprint density at radius 3 is 2.69 bits per heavy atom. The maximum absolute atomic E-state index is 12.2. The van der Waals surface area contributed by atoms with Crippen molar-refractivity contribution in [1.29, 1.82) is 0 Å². The van der Waals surface area contributed by atoms with E-state index in [4.69, 9.17) is 16.6 Å². The second-order valence-electron chi connectivity index (χ2n) is 6.25. The molecule has 1 amide bonds. The number of amides is 1. The number of carbonyl (C=O) groups excluding carboxylic acids is 1. The van der Waals surface area contributed by atoms with Gasteiger partial charge in [0.2, 0.25) is 5.91 Å². The molecule has 0 bridgehead atoms. The Morgan fingerprint density at radius 2 is 1.92 bits per heavy atom. The van der Waals surface area contributed by atoms with Gasteiger partial charge in [-0.25, -0.2) is 4.98 Å². The number of aromatic nitrogens is 1. The van der Waals surface area contributed by atoms with E-state index >= 15 is 0 Å². The Morgan fingerprint density at radius 1 is 1.15 bits per heavy atom. The number of phenols is 1.